The Balaban J connectivity index is 3.28. The van der Waals surface area contributed by atoms with Crippen LogP contribution >= 0.6 is 0 Å². The second-order valence-corrected chi connectivity index (χ2v) is 3.98. The molecule has 0 aliphatic carbocycles. The number of hydrogen-bond acceptors (Lipinski definition) is 3. The lowest BCUT2D eigenvalue weighted by molar-refractivity contribution is -0.144. The second kappa shape index (κ2) is 6.15. The predicted molar refractivity (Wildman–Crippen MR) is 59.3 cm³/mol. The Hall–Kier alpha value is -1.73. The molecule has 20 heavy (non-hydrogen) atoms. The molecule has 0 saturated heterocycles. The number of rotatable bonds is 4. The van der Waals surface area contributed by atoms with E-state index in [1.807, 2.05) is 0 Å². The molecule has 0 N–H and O–H groups in total. The summed E-state index contributed by atoms with van der Waals surface area (Å²) in [5.74, 6) is -0.871. The molecule has 1 heterocycles. The SMILES string of the molecule is CCOC(=O)Cc1cc(C)c(C(F)F)nc1C(F)(F)F. The fourth-order valence-electron chi connectivity index (χ4n) is 1.65. The maximum atomic E-state index is 12.8. The summed E-state index contributed by atoms with van der Waals surface area (Å²) < 4.78 is 68.1. The summed E-state index contributed by atoms with van der Waals surface area (Å²) in [6.45, 7) is 2.73. The summed E-state index contributed by atoms with van der Waals surface area (Å²) >= 11 is 0. The summed E-state index contributed by atoms with van der Waals surface area (Å²) in [5.41, 5.74) is -3.00. The lowest BCUT2D eigenvalue weighted by atomic mass is 10.0. The van der Waals surface area contributed by atoms with Gasteiger partial charge in [0.15, 0.2) is 0 Å². The van der Waals surface area contributed by atoms with Gasteiger partial charge in [0, 0.05) is 0 Å². The van der Waals surface area contributed by atoms with Crippen LogP contribution in [0.4, 0.5) is 22.0 Å². The molecular weight excluding hydrogens is 285 g/mol. The topological polar surface area (TPSA) is 39.2 Å². The second-order valence-electron chi connectivity index (χ2n) is 3.98. The van der Waals surface area contributed by atoms with Gasteiger partial charge in [-0.25, -0.2) is 13.8 Å². The highest BCUT2D eigenvalue weighted by Crippen LogP contribution is 2.33. The summed E-state index contributed by atoms with van der Waals surface area (Å²) in [6, 6.07) is 0.897. The number of alkyl halides is 5. The Morgan fingerprint density at radius 3 is 2.45 bits per heavy atom. The maximum Gasteiger partial charge on any atom is 0.433 e. The highest BCUT2D eigenvalue weighted by atomic mass is 19.4. The average molecular weight is 297 g/mol. The van der Waals surface area contributed by atoms with E-state index < -0.39 is 41.9 Å². The first kappa shape index (κ1) is 16.3. The summed E-state index contributed by atoms with van der Waals surface area (Å²) in [7, 11) is 0. The van der Waals surface area contributed by atoms with Crippen molar-refractivity contribution < 1.29 is 31.5 Å². The first-order valence-electron chi connectivity index (χ1n) is 5.68. The van der Waals surface area contributed by atoms with Crippen LogP contribution in [-0.2, 0) is 22.1 Å². The number of hydrogen-bond donors (Lipinski definition) is 0. The number of ether oxygens (including phenoxy) is 1. The van der Waals surface area contributed by atoms with E-state index in [2.05, 4.69) is 9.72 Å². The van der Waals surface area contributed by atoms with E-state index in [0.717, 1.165) is 6.07 Å². The largest absolute Gasteiger partial charge is 0.466 e. The van der Waals surface area contributed by atoms with Gasteiger partial charge in [0.25, 0.3) is 6.43 Å². The summed E-state index contributed by atoms with van der Waals surface area (Å²) in [4.78, 5) is 14.2. The number of aryl methyl sites for hydroxylation is 1. The van der Waals surface area contributed by atoms with Gasteiger partial charge in [0.05, 0.1) is 13.0 Å². The van der Waals surface area contributed by atoms with Crippen LogP contribution in [0.5, 0.6) is 0 Å². The fraction of sp³-hybridized carbons (Fsp3) is 0.500. The standard InChI is InChI=1S/C12H12F5NO2/c1-3-20-8(19)5-7-4-6(2)9(11(13)14)18-10(7)12(15,16)17/h4,11H,3,5H2,1-2H3. The maximum absolute atomic E-state index is 12.8. The minimum Gasteiger partial charge on any atom is -0.466 e. The normalized spacial score (nSPS) is 11.8. The van der Waals surface area contributed by atoms with Gasteiger partial charge in [0.2, 0.25) is 0 Å². The van der Waals surface area contributed by atoms with Crippen LogP contribution < -0.4 is 0 Å². The van der Waals surface area contributed by atoms with Gasteiger partial charge in [0.1, 0.15) is 11.4 Å². The number of carbonyl (C=O) groups excluding carboxylic acids is 1. The molecule has 112 valence electrons. The zero-order valence-corrected chi connectivity index (χ0v) is 10.7. The van der Waals surface area contributed by atoms with Crippen molar-refractivity contribution in [3.63, 3.8) is 0 Å². The zero-order chi connectivity index (χ0) is 15.5. The predicted octanol–water partition coefficient (Wildman–Crippen LogP) is 3.45. The van der Waals surface area contributed by atoms with Gasteiger partial charge < -0.3 is 4.74 Å². The van der Waals surface area contributed by atoms with E-state index in [1.54, 1.807) is 0 Å². The molecule has 0 amide bonds. The smallest absolute Gasteiger partial charge is 0.433 e. The average Bonchev–Trinajstić information content (AvgIpc) is 2.26. The number of carbonyl (C=O) groups is 1. The fourth-order valence-corrected chi connectivity index (χ4v) is 1.65. The zero-order valence-electron chi connectivity index (χ0n) is 10.7. The number of aromatic nitrogens is 1. The Bertz CT molecular complexity index is 499. The van der Waals surface area contributed by atoms with Crippen LogP contribution in [0.1, 0.15) is 35.9 Å². The molecule has 1 aromatic rings. The van der Waals surface area contributed by atoms with E-state index in [-0.39, 0.29) is 12.2 Å². The molecule has 0 spiro atoms. The molecule has 0 aliphatic heterocycles. The molecule has 0 saturated carbocycles. The number of nitrogens with zero attached hydrogens (tertiary/aromatic N) is 1. The molecule has 0 unspecified atom stereocenters. The van der Waals surface area contributed by atoms with Crippen molar-refractivity contribution in [2.45, 2.75) is 32.9 Å². The van der Waals surface area contributed by atoms with Gasteiger partial charge in [-0.2, -0.15) is 13.2 Å². The highest BCUT2D eigenvalue weighted by Gasteiger charge is 2.37. The first-order chi connectivity index (χ1) is 9.16. The Morgan fingerprint density at radius 1 is 1.40 bits per heavy atom. The Morgan fingerprint density at radius 2 is 2.00 bits per heavy atom. The van der Waals surface area contributed by atoms with E-state index in [0.29, 0.717) is 0 Å². The molecule has 0 aliphatic rings. The third kappa shape index (κ3) is 3.88. The molecule has 0 radical (unpaired) electrons. The molecule has 0 fully saturated rings. The molecule has 8 heteroatoms. The van der Waals surface area contributed by atoms with Crippen molar-refractivity contribution in [3.8, 4) is 0 Å². The monoisotopic (exact) mass is 297 g/mol. The van der Waals surface area contributed by atoms with Crippen LogP contribution in [0.2, 0.25) is 0 Å². The van der Waals surface area contributed by atoms with Crippen LogP contribution in [0, 0.1) is 6.92 Å². The number of esters is 1. The first-order valence-corrected chi connectivity index (χ1v) is 5.68. The van der Waals surface area contributed by atoms with Crippen molar-refractivity contribution in [1.29, 1.82) is 0 Å². The molecule has 0 bridgehead atoms. The van der Waals surface area contributed by atoms with E-state index in [9.17, 15) is 26.7 Å². The molecule has 0 aromatic carbocycles. The highest BCUT2D eigenvalue weighted by molar-refractivity contribution is 5.73. The lowest BCUT2D eigenvalue weighted by Crippen LogP contribution is -2.18. The van der Waals surface area contributed by atoms with Gasteiger partial charge >= 0.3 is 12.1 Å². The molecule has 1 rings (SSSR count). The molecular formula is C12H12F5NO2. The minimum atomic E-state index is -4.92. The van der Waals surface area contributed by atoms with Crippen LogP contribution in [0.3, 0.4) is 0 Å². The minimum absolute atomic E-state index is 0.0156. The van der Waals surface area contributed by atoms with E-state index in [4.69, 9.17) is 0 Å². The van der Waals surface area contributed by atoms with Crippen molar-refractivity contribution in [3.05, 3.63) is 28.6 Å². The molecule has 0 atom stereocenters. The van der Waals surface area contributed by atoms with Crippen molar-refractivity contribution in [2.24, 2.45) is 0 Å². The van der Waals surface area contributed by atoms with Gasteiger partial charge in [-0.1, -0.05) is 6.07 Å². The summed E-state index contributed by atoms with van der Waals surface area (Å²) in [5, 5.41) is 0. The van der Waals surface area contributed by atoms with Crippen LogP contribution in [0.25, 0.3) is 0 Å². The van der Waals surface area contributed by atoms with Gasteiger partial charge in [-0.15, -0.1) is 0 Å². The third-order valence-electron chi connectivity index (χ3n) is 2.45. The summed E-state index contributed by atoms with van der Waals surface area (Å²) in [6.07, 6.45) is -8.70. The molecule has 3 nitrogen and oxygen atoms in total. The van der Waals surface area contributed by atoms with E-state index >= 15 is 0 Å². The van der Waals surface area contributed by atoms with Gasteiger partial charge in [-0.05, 0) is 25.0 Å². The van der Waals surface area contributed by atoms with Crippen molar-refractivity contribution >= 4 is 5.97 Å². The molecule has 1 aromatic heterocycles. The number of pyridine rings is 1. The quantitative estimate of drug-likeness (QED) is 0.631. The van der Waals surface area contributed by atoms with Crippen molar-refractivity contribution in [1.82, 2.24) is 4.98 Å². The van der Waals surface area contributed by atoms with Crippen LogP contribution in [0.15, 0.2) is 6.07 Å². The number of halogens is 5. The van der Waals surface area contributed by atoms with Crippen LogP contribution in [-0.4, -0.2) is 17.6 Å². The lowest BCUT2D eigenvalue weighted by Gasteiger charge is -2.15. The van der Waals surface area contributed by atoms with Gasteiger partial charge in [-0.3, -0.25) is 4.79 Å². The van der Waals surface area contributed by atoms with E-state index in [1.165, 1.54) is 13.8 Å². The third-order valence-corrected chi connectivity index (χ3v) is 2.45. The van der Waals surface area contributed by atoms with Crippen molar-refractivity contribution in [2.75, 3.05) is 6.61 Å². The Labute approximate surface area is 111 Å². The Kier molecular flexibility index (Phi) is 5.02.